The Balaban J connectivity index is 0.00000182. The Morgan fingerprint density at radius 2 is 1.92 bits per heavy atom. The van der Waals surface area contributed by atoms with Gasteiger partial charge in [0.05, 0.1) is 10.5 Å². The van der Waals surface area contributed by atoms with Crippen molar-refractivity contribution in [2.75, 3.05) is 0 Å². The van der Waals surface area contributed by atoms with E-state index in [-0.39, 0.29) is 23.7 Å². The first-order valence-electron chi connectivity index (χ1n) is 7.34. The molecule has 0 aliphatic carbocycles. The lowest BCUT2D eigenvalue weighted by molar-refractivity contribution is 0.478. The van der Waals surface area contributed by atoms with Gasteiger partial charge in [0.2, 0.25) is 0 Å². The van der Waals surface area contributed by atoms with Gasteiger partial charge in [-0.3, -0.25) is 4.79 Å². The van der Waals surface area contributed by atoms with Crippen LogP contribution >= 0.6 is 35.3 Å². The summed E-state index contributed by atoms with van der Waals surface area (Å²) in [6, 6.07) is 11.0. The lowest BCUT2D eigenvalue weighted by Crippen LogP contribution is -2.05. The molecule has 0 aliphatic heterocycles. The van der Waals surface area contributed by atoms with Gasteiger partial charge in [-0.05, 0) is 22.6 Å². The number of pyridine rings is 1. The number of phenols is 1. The Morgan fingerprint density at radius 1 is 1.20 bits per heavy atom. The molecule has 2 aromatic carbocycles. The van der Waals surface area contributed by atoms with Gasteiger partial charge in [-0.2, -0.15) is 0 Å². The normalized spacial score (nSPS) is 11.0. The number of halogens is 2. The fraction of sp³-hybridized carbons (Fsp3) is 0.0556. The highest BCUT2D eigenvalue weighted by Gasteiger charge is 2.18. The number of benzene rings is 2. The number of rotatable bonds is 2. The Bertz CT molecular complexity index is 1130. The first-order chi connectivity index (χ1) is 11.6. The topological polar surface area (TPSA) is 79.1 Å². The molecular formula is C18H14Cl2N2O2S. The highest BCUT2D eigenvalue weighted by atomic mass is 35.5. The van der Waals surface area contributed by atoms with E-state index < -0.39 is 0 Å². The second-order valence-electron chi connectivity index (χ2n) is 5.52. The number of nitrogens with one attached hydrogen (secondary N) is 1. The quantitative estimate of drug-likeness (QED) is 0.464. The van der Waals surface area contributed by atoms with E-state index in [0.717, 1.165) is 21.9 Å². The summed E-state index contributed by atoms with van der Waals surface area (Å²) >= 11 is 7.63. The third-order valence-corrected chi connectivity index (χ3v) is 5.33. The molecule has 25 heavy (non-hydrogen) atoms. The molecular weight excluding hydrogens is 379 g/mol. The lowest BCUT2D eigenvalue weighted by Gasteiger charge is -2.12. The molecule has 0 saturated heterocycles. The van der Waals surface area contributed by atoms with Crippen molar-refractivity contribution in [1.29, 1.82) is 0 Å². The third-order valence-electron chi connectivity index (χ3n) is 4.12. The monoisotopic (exact) mass is 392 g/mol. The van der Waals surface area contributed by atoms with Crippen LogP contribution in [0.1, 0.15) is 5.56 Å². The maximum absolute atomic E-state index is 12.2. The van der Waals surface area contributed by atoms with Gasteiger partial charge in [0.25, 0.3) is 5.56 Å². The summed E-state index contributed by atoms with van der Waals surface area (Å²) in [7, 11) is 0. The summed E-state index contributed by atoms with van der Waals surface area (Å²) in [5.74, 6) is 0.0764. The minimum Gasteiger partial charge on any atom is -0.507 e. The number of hydrogen-bond donors (Lipinski definition) is 3. The predicted octanol–water partition coefficient (Wildman–Crippen LogP) is 4.65. The average molecular weight is 393 g/mol. The number of fused-ring (bicyclic) bond motifs is 3. The van der Waals surface area contributed by atoms with Crippen LogP contribution < -0.4 is 11.3 Å². The zero-order valence-corrected chi connectivity index (χ0v) is 15.3. The molecule has 4 rings (SSSR count). The Morgan fingerprint density at radius 3 is 2.60 bits per heavy atom. The zero-order chi connectivity index (χ0) is 16.8. The molecule has 0 fully saturated rings. The maximum Gasteiger partial charge on any atom is 0.266 e. The van der Waals surface area contributed by atoms with E-state index in [0.29, 0.717) is 27.3 Å². The summed E-state index contributed by atoms with van der Waals surface area (Å²) < 4.78 is 0.615. The minimum absolute atomic E-state index is 0. The predicted molar refractivity (Wildman–Crippen MR) is 107 cm³/mol. The van der Waals surface area contributed by atoms with Crippen LogP contribution in [-0.2, 0) is 6.54 Å². The molecule has 0 atom stereocenters. The van der Waals surface area contributed by atoms with E-state index in [1.165, 1.54) is 17.4 Å². The molecule has 0 amide bonds. The van der Waals surface area contributed by atoms with Crippen LogP contribution in [0.3, 0.4) is 0 Å². The van der Waals surface area contributed by atoms with Crippen LogP contribution in [0.25, 0.3) is 32.1 Å². The molecule has 0 unspecified atom stereocenters. The zero-order valence-electron chi connectivity index (χ0n) is 12.9. The number of aromatic hydroxyl groups is 1. The number of aromatic nitrogens is 1. The van der Waals surface area contributed by atoms with Crippen LogP contribution in [0.4, 0.5) is 0 Å². The number of phenolic OH excluding ortho intramolecular Hbond substituents is 1. The second kappa shape index (κ2) is 6.69. The van der Waals surface area contributed by atoms with Gasteiger partial charge in [-0.1, -0.05) is 35.9 Å². The molecule has 4 aromatic rings. The van der Waals surface area contributed by atoms with Crippen LogP contribution in [0.15, 0.2) is 46.6 Å². The average Bonchev–Trinajstić information content (AvgIpc) is 3.07. The van der Waals surface area contributed by atoms with Crippen LogP contribution in [0.5, 0.6) is 5.75 Å². The van der Waals surface area contributed by atoms with Gasteiger partial charge < -0.3 is 15.8 Å². The van der Waals surface area contributed by atoms with E-state index >= 15 is 0 Å². The highest BCUT2D eigenvalue weighted by Crippen LogP contribution is 2.42. The standard InChI is InChI=1S/C18H13ClN2O2S.ClH/c19-12-7-13(22)14(10-3-1-9(8-20)2-4-10)15-11-5-6-24-17(11)18(23)21-16(12)15;/h1-7,22H,8,20H2,(H,21,23);1H. The summed E-state index contributed by atoms with van der Waals surface area (Å²) in [6.45, 7) is 0.454. The lowest BCUT2D eigenvalue weighted by atomic mass is 9.96. The van der Waals surface area contributed by atoms with Gasteiger partial charge in [0.1, 0.15) is 10.4 Å². The Labute approximate surface area is 158 Å². The van der Waals surface area contributed by atoms with Crippen LogP contribution in [0, 0.1) is 0 Å². The third kappa shape index (κ3) is 2.79. The summed E-state index contributed by atoms with van der Waals surface area (Å²) in [4.78, 5) is 15.1. The Hall–Kier alpha value is -2.05. The van der Waals surface area contributed by atoms with Crippen LogP contribution in [0.2, 0.25) is 5.02 Å². The molecule has 4 nitrogen and oxygen atoms in total. The molecule has 0 aliphatic rings. The number of thiophene rings is 1. The van der Waals surface area contributed by atoms with Crippen molar-refractivity contribution in [2.45, 2.75) is 6.54 Å². The number of aromatic amines is 1. The minimum atomic E-state index is -0.176. The van der Waals surface area contributed by atoms with Crippen molar-refractivity contribution in [3.63, 3.8) is 0 Å². The van der Waals surface area contributed by atoms with Crippen molar-refractivity contribution in [2.24, 2.45) is 5.73 Å². The number of nitrogens with two attached hydrogens (primary N) is 1. The van der Waals surface area contributed by atoms with Gasteiger partial charge >= 0.3 is 0 Å². The molecule has 0 spiro atoms. The van der Waals surface area contributed by atoms with Crippen molar-refractivity contribution in [1.82, 2.24) is 4.98 Å². The number of H-pyrrole nitrogens is 1. The molecule has 7 heteroatoms. The van der Waals surface area contributed by atoms with E-state index in [2.05, 4.69) is 4.98 Å². The van der Waals surface area contributed by atoms with E-state index in [1.807, 2.05) is 35.7 Å². The Kier molecular flexibility index (Phi) is 4.75. The summed E-state index contributed by atoms with van der Waals surface area (Å²) in [6.07, 6.45) is 0. The maximum atomic E-state index is 12.2. The molecule has 128 valence electrons. The number of hydrogen-bond acceptors (Lipinski definition) is 4. The molecule has 0 bridgehead atoms. The first-order valence-corrected chi connectivity index (χ1v) is 8.60. The van der Waals surface area contributed by atoms with Gasteiger partial charge in [-0.25, -0.2) is 0 Å². The van der Waals surface area contributed by atoms with Crippen molar-refractivity contribution in [3.05, 3.63) is 62.7 Å². The fourth-order valence-electron chi connectivity index (χ4n) is 2.98. The smallest absolute Gasteiger partial charge is 0.266 e. The summed E-state index contributed by atoms with van der Waals surface area (Å²) in [5.41, 5.74) is 8.50. The largest absolute Gasteiger partial charge is 0.507 e. The van der Waals surface area contributed by atoms with Crippen molar-refractivity contribution >= 4 is 56.3 Å². The first kappa shape index (κ1) is 17.8. The van der Waals surface area contributed by atoms with Gasteiger partial charge in [-0.15, -0.1) is 23.7 Å². The molecule has 4 N–H and O–H groups in total. The second-order valence-corrected chi connectivity index (χ2v) is 6.84. The molecule has 0 radical (unpaired) electrons. The van der Waals surface area contributed by atoms with Crippen LogP contribution in [-0.4, -0.2) is 10.1 Å². The fourth-order valence-corrected chi connectivity index (χ4v) is 4.02. The summed E-state index contributed by atoms with van der Waals surface area (Å²) in [5, 5.41) is 14.2. The molecule has 0 saturated carbocycles. The van der Waals surface area contributed by atoms with E-state index in [4.69, 9.17) is 17.3 Å². The van der Waals surface area contributed by atoms with Gasteiger partial charge in [0.15, 0.2) is 0 Å². The molecule has 2 aromatic heterocycles. The SMILES string of the molecule is Cl.NCc1ccc(-c2c(O)cc(Cl)c3[nH]c(=O)c4sccc4c23)cc1. The van der Waals surface area contributed by atoms with Crippen molar-refractivity contribution < 1.29 is 5.11 Å². The van der Waals surface area contributed by atoms with Crippen molar-refractivity contribution in [3.8, 4) is 16.9 Å². The van der Waals surface area contributed by atoms with E-state index in [9.17, 15) is 9.90 Å². The highest BCUT2D eigenvalue weighted by molar-refractivity contribution is 7.17. The van der Waals surface area contributed by atoms with Gasteiger partial charge in [0, 0.05) is 28.9 Å². The molecule has 2 heterocycles. The van der Waals surface area contributed by atoms with E-state index in [1.54, 1.807) is 0 Å².